The number of rotatable bonds is 0. The van der Waals surface area contributed by atoms with Gasteiger partial charge in [-0.15, -0.1) is 0 Å². The van der Waals surface area contributed by atoms with Crippen LogP contribution in [-0.2, 0) is 0 Å². The number of hydrogen-bond acceptors (Lipinski definition) is 1. The Kier molecular flexibility index (Phi) is 2.51. The third kappa shape index (κ3) is 1.67. The standard InChI is InChI=1S/C5H9IN2S/c6-4-2-1-3-8(4)5(7)9/h4H,1-3H2,(H2,7,9). The van der Waals surface area contributed by atoms with Crippen LogP contribution in [0, 0.1) is 0 Å². The number of halogens is 1. The summed E-state index contributed by atoms with van der Waals surface area (Å²) in [6.45, 7) is 1.04. The molecule has 0 spiro atoms. The zero-order valence-corrected chi connectivity index (χ0v) is 7.98. The summed E-state index contributed by atoms with van der Waals surface area (Å²) in [6.07, 6.45) is 2.45. The molecular formula is C5H9IN2S. The minimum atomic E-state index is 0.542. The zero-order chi connectivity index (χ0) is 6.85. The van der Waals surface area contributed by atoms with Crippen molar-refractivity contribution in [3.05, 3.63) is 0 Å². The molecule has 1 aliphatic heterocycles. The highest BCUT2D eigenvalue weighted by molar-refractivity contribution is 14.1. The fourth-order valence-electron chi connectivity index (χ4n) is 0.974. The van der Waals surface area contributed by atoms with E-state index in [9.17, 15) is 0 Å². The molecule has 1 atom stereocenters. The van der Waals surface area contributed by atoms with E-state index in [1.807, 2.05) is 0 Å². The van der Waals surface area contributed by atoms with Gasteiger partial charge in [0.25, 0.3) is 0 Å². The molecule has 0 radical (unpaired) electrons. The van der Waals surface area contributed by atoms with Gasteiger partial charge in [-0.3, -0.25) is 0 Å². The molecule has 2 nitrogen and oxygen atoms in total. The Bertz CT molecular complexity index is 128. The number of likely N-dealkylation sites (tertiary alicyclic amines) is 1. The van der Waals surface area contributed by atoms with E-state index in [-0.39, 0.29) is 0 Å². The first kappa shape index (κ1) is 7.53. The van der Waals surface area contributed by atoms with Crippen molar-refractivity contribution in [3.63, 3.8) is 0 Å². The van der Waals surface area contributed by atoms with Crippen LogP contribution in [0.5, 0.6) is 0 Å². The molecule has 0 aliphatic carbocycles. The predicted octanol–water partition coefficient (Wildman–Crippen LogP) is 1.09. The van der Waals surface area contributed by atoms with E-state index in [1.54, 1.807) is 0 Å². The van der Waals surface area contributed by atoms with E-state index in [1.165, 1.54) is 12.8 Å². The summed E-state index contributed by atoms with van der Waals surface area (Å²) in [6, 6.07) is 0. The Balaban J connectivity index is 2.49. The Morgan fingerprint density at radius 2 is 2.44 bits per heavy atom. The van der Waals surface area contributed by atoms with Crippen molar-refractivity contribution in [3.8, 4) is 0 Å². The molecule has 0 aromatic carbocycles. The second-order valence-corrected chi connectivity index (χ2v) is 3.96. The van der Waals surface area contributed by atoms with Gasteiger partial charge in [0.2, 0.25) is 0 Å². The van der Waals surface area contributed by atoms with Crippen LogP contribution in [0.4, 0.5) is 0 Å². The largest absolute Gasteiger partial charge is 0.376 e. The van der Waals surface area contributed by atoms with Gasteiger partial charge in [-0.05, 0) is 25.1 Å². The van der Waals surface area contributed by atoms with Crippen molar-refractivity contribution in [2.24, 2.45) is 5.73 Å². The molecule has 1 rings (SSSR count). The Labute approximate surface area is 73.9 Å². The van der Waals surface area contributed by atoms with E-state index < -0.39 is 0 Å². The normalized spacial score (nSPS) is 26.8. The topological polar surface area (TPSA) is 29.3 Å². The number of nitrogens with zero attached hydrogens (tertiary/aromatic N) is 1. The van der Waals surface area contributed by atoms with Crippen LogP contribution in [0.2, 0.25) is 0 Å². The van der Waals surface area contributed by atoms with Gasteiger partial charge in [0.1, 0.15) is 0 Å². The van der Waals surface area contributed by atoms with E-state index in [0.717, 1.165) is 6.54 Å². The summed E-state index contributed by atoms with van der Waals surface area (Å²) in [7, 11) is 0. The maximum atomic E-state index is 5.44. The summed E-state index contributed by atoms with van der Waals surface area (Å²) >= 11 is 7.20. The third-order valence-electron chi connectivity index (χ3n) is 1.46. The van der Waals surface area contributed by atoms with Crippen molar-refractivity contribution in [1.29, 1.82) is 0 Å². The van der Waals surface area contributed by atoms with Gasteiger partial charge in [0.05, 0.1) is 4.05 Å². The lowest BCUT2D eigenvalue weighted by molar-refractivity contribution is 0.507. The van der Waals surface area contributed by atoms with Gasteiger partial charge >= 0.3 is 0 Å². The van der Waals surface area contributed by atoms with Crippen molar-refractivity contribution in [1.82, 2.24) is 4.90 Å². The van der Waals surface area contributed by atoms with Gasteiger partial charge < -0.3 is 10.6 Å². The minimum Gasteiger partial charge on any atom is -0.376 e. The van der Waals surface area contributed by atoms with Crippen LogP contribution in [0.25, 0.3) is 0 Å². The van der Waals surface area contributed by atoms with Gasteiger partial charge in [-0.1, -0.05) is 22.6 Å². The van der Waals surface area contributed by atoms with Crippen LogP contribution >= 0.6 is 34.8 Å². The SMILES string of the molecule is NC(=S)N1CCCC1I. The highest BCUT2D eigenvalue weighted by Gasteiger charge is 2.21. The van der Waals surface area contributed by atoms with E-state index in [4.69, 9.17) is 18.0 Å². The number of hydrogen-bond donors (Lipinski definition) is 1. The predicted molar refractivity (Wildman–Crippen MR) is 50.5 cm³/mol. The minimum absolute atomic E-state index is 0.542. The van der Waals surface area contributed by atoms with Crippen molar-refractivity contribution < 1.29 is 0 Å². The summed E-state index contributed by atoms with van der Waals surface area (Å²) in [4.78, 5) is 2.07. The van der Waals surface area contributed by atoms with Crippen LogP contribution < -0.4 is 5.73 Å². The molecule has 0 bridgehead atoms. The maximum Gasteiger partial charge on any atom is 0.167 e. The first-order chi connectivity index (χ1) is 4.22. The highest BCUT2D eigenvalue weighted by atomic mass is 127. The molecular weight excluding hydrogens is 247 g/mol. The first-order valence-corrected chi connectivity index (χ1v) is 4.57. The summed E-state index contributed by atoms with van der Waals surface area (Å²) in [5, 5.41) is 0.548. The van der Waals surface area contributed by atoms with Crippen molar-refractivity contribution >= 4 is 39.9 Å². The number of nitrogens with two attached hydrogens (primary N) is 1. The van der Waals surface area contributed by atoms with Crippen molar-refractivity contribution in [2.45, 2.75) is 16.9 Å². The number of alkyl halides is 1. The lowest BCUT2D eigenvalue weighted by Gasteiger charge is -2.19. The van der Waals surface area contributed by atoms with Gasteiger partial charge in [-0.2, -0.15) is 0 Å². The lowest BCUT2D eigenvalue weighted by Crippen LogP contribution is -2.36. The van der Waals surface area contributed by atoms with Crippen molar-refractivity contribution in [2.75, 3.05) is 6.54 Å². The first-order valence-electron chi connectivity index (χ1n) is 2.92. The van der Waals surface area contributed by atoms with Crippen LogP contribution in [-0.4, -0.2) is 20.6 Å². The van der Waals surface area contributed by atoms with Gasteiger partial charge in [0, 0.05) is 6.54 Å². The average Bonchev–Trinajstić information content (AvgIpc) is 2.13. The molecule has 0 aromatic rings. The Hall–Kier alpha value is 0.420. The summed E-state index contributed by atoms with van der Waals surface area (Å²) < 4.78 is 0.542. The van der Waals surface area contributed by atoms with Crippen LogP contribution in [0.15, 0.2) is 0 Å². The molecule has 2 N–H and O–H groups in total. The fourth-order valence-corrected chi connectivity index (χ4v) is 2.40. The van der Waals surface area contributed by atoms with E-state index in [0.29, 0.717) is 9.16 Å². The molecule has 52 valence electrons. The molecule has 1 heterocycles. The van der Waals surface area contributed by atoms with Gasteiger partial charge in [0.15, 0.2) is 5.11 Å². The molecule has 0 amide bonds. The van der Waals surface area contributed by atoms with E-state index in [2.05, 4.69) is 27.5 Å². The smallest absolute Gasteiger partial charge is 0.167 e. The third-order valence-corrected chi connectivity index (χ3v) is 2.99. The molecule has 0 saturated carbocycles. The molecule has 1 saturated heterocycles. The molecule has 1 aliphatic rings. The lowest BCUT2D eigenvalue weighted by atomic mass is 10.4. The second kappa shape index (κ2) is 3.01. The number of thiocarbonyl (C=S) groups is 1. The highest BCUT2D eigenvalue weighted by Crippen LogP contribution is 2.21. The van der Waals surface area contributed by atoms with Crippen LogP contribution in [0.3, 0.4) is 0 Å². The Morgan fingerprint density at radius 3 is 2.67 bits per heavy atom. The second-order valence-electron chi connectivity index (χ2n) is 2.11. The fraction of sp³-hybridized carbons (Fsp3) is 0.800. The molecule has 4 heteroatoms. The monoisotopic (exact) mass is 256 g/mol. The van der Waals surface area contributed by atoms with E-state index >= 15 is 0 Å². The molecule has 1 unspecified atom stereocenters. The van der Waals surface area contributed by atoms with Gasteiger partial charge in [-0.25, -0.2) is 0 Å². The summed E-state index contributed by atoms with van der Waals surface area (Å²) in [5.74, 6) is 0. The Morgan fingerprint density at radius 1 is 1.78 bits per heavy atom. The van der Waals surface area contributed by atoms with Crippen LogP contribution in [0.1, 0.15) is 12.8 Å². The molecule has 0 aromatic heterocycles. The quantitative estimate of drug-likeness (QED) is 0.304. The molecule has 9 heavy (non-hydrogen) atoms. The summed E-state index contributed by atoms with van der Waals surface area (Å²) in [5.41, 5.74) is 5.44. The zero-order valence-electron chi connectivity index (χ0n) is 5.01. The maximum absolute atomic E-state index is 5.44. The molecule has 1 fully saturated rings. The average molecular weight is 256 g/mol.